The van der Waals surface area contributed by atoms with Gasteiger partial charge in [0.2, 0.25) is 0 Å². The topological polar surface area (TPSA) is 84.6 Å². The van der Waals surface area contributed by atoms with E-state index in [9.17, 15) is 0 Å². The Labute approximate surface area is 116 Å². The molecule has 0 radical (unpaired) electrons. The van der Waals surface area contributed by atoms with Crippen LogP contribution in [0.2, 0.25) is 0 Å². The van der Waals surface area contributed by atoms with Gasteiger partial charge in [0.05, 0.1) is 5.71 Å². The van der Waals surface area contributed by atoms with Gasteiger partial charge in [-0.25, -0.2) is 0 Å². The van der Waals surface area contributed by atoms with Crippen LogP contribution in [-0.4, -0.2) is 23.0 Å². The Morgan fingerprint density at radius 1 is 1.11 bits per heavy atom. The maximum Gasteiger partial charge on any atom is 0.0670 e. The first-order valence-electron chi connectivity index (χ1n) is 7.04. The summed E-state index contributed by atoms with van der Waals surface area (Å²) in [6, 6.07) is 0.625. The van der Waals surface area contributed by atoms with Crippen LogP contribution in [0, 0.1) is 10.8 Å². The van der Waals surface area contributed by atoms with Crippen LogP contribution in [-0.2, 0) is 0 Å². The second-order valence-corrected chi connectivity index (χ2v) is 6.89. The molecule has 0 saturated heterocycles. The molecule has 19 heavy (non-hydrogen) atoms. The van der Waals surface area contributed by atoms with E-state index in [-0.39, 0.29) is 10.8 Å². The Kier molecular flexibility index (Phi) is 4.80. The fourth-order valence-electron chi connectivity index (χ4n) is 2.65. The molecule has 0 aliphatic heterocycles. The highest BCUT2D eigenvalue weighted by Gasteiger charge is 2.38. The maximum absolute atomic E-state index is 8.57. The first-order chi connectivity index (χ1) is 8.64. The third-order valence-electron chi connectivity index (χ3n) is 5.09. The molecule has 0 amide bonds. The van der Waals surface area contributed by atoms with E-state index in [2.05, 4.69) is 25.6 Å². The summed E-state index contributed by atoms with van der Waals surface area (Å²) in [6.07, 6.45) is 4.01. The fourth-order valence-corrected chi connectivity index (χ4v) is 2.65. The molecule has 110 valence electrons. The molecule has 0 aromatic rings. The molecule has 2 aliphatic rings. The van der Waals surface area contributed by atoms with Crippen molar-refractivity contribution in [1.29, 1.82) is 0 Å². The summed E-state index contributed by atoms with van der Waals surface area (Å²) in [5.74, 6) is 0. The van der Waals surface area contributed by atoms with Gasteiger partial charge in [0.15, 0.2) is 0 Å². The van der Waals surface area contributed by atoms with Crippen molar-refractivity contribution in [3.05, 3.63) is 12.2 Å². The lowest BCUT2D eigenvalue weighted by Crippen LogP contribution is -2.42. The molecule has 2 saturated carbocycles. The van der Waals surface area contributed by atoms with Gasteiger partial charge in [-0.3, -0.25) is 0 Å². The number of nitrogens with two attached hydrogens (primary N) is 2. The van der Waals surface area contributed by atoms with Crippen LogP contribution < -0.4 is 11.5 Å². The van der Waals surface area contributed by atoms with E-state index >= 15 is 0 Å². The Bertz CT molecular complexity index is 360. The minimum absolute atomic E-state index is 0.0747. The van der Waals surface area contributed by atoms with Gasteiger partial charge in [-0.15, -0.1) is 0 Å². The monoisotopic (exact) mass is 267 g/mol. The minimum atomic E-state index is -0.0747. The number of allylic oxidation sites excluding steroid dienone is 1. The molecule has 0 heterocycles. The highest BCUT2D eigenvalue weighted by atomic mass is 16.4. The molecule has 2 rings (SSSR count). The van der Waals surface area contributed by atoms with E-state index in [4.69, 9.17) is 16.7 Å². The number of nitrogens with zero attached hydrogens (tertiary/aromatic N) is 1. The standard InChI is InChI=1S/C8H13NO.C7H16N2/c1-6-4-5-7(9-10)8(6,2)3;1-7(2)5(8)3-4-6(7)9/h10H,1,4-5H2,2-3H3;5-6H,3-4,8-9H2,1-2H3/b9-7-;. The predicted octanol–water partition coefficient (Wildman–Crippen LogP) is 2.65. The van der Waals surface area contributed by atoms with Crippen molar-refractivity contribution in [3.8, 4) is 0 Å². The third kappa shape index (κ3) is 3.18. The van der Waals surface area contributed by atoms with E-state index in [0.717, 1.165) is 31.4 Å². The van der Waals surface area contributed by atoms with Crippen LogP contribution in [0.5, 0.6) is 0 Å². The number of hydrogen-bond donors (Lipinski definition) is 3. The second-order valence-electron chi connectivity index (χ2n) is 6.89. The molecule has 0 aromatic carbocycles. The molecular formula is C15H29N3O. The van der Waals surface area contributed by atoms with E-state index in [0.29, 0.717) is 12.1 Å². The highest BCUT2D eigenvalue weighted by Crippen LogP contribution is 2.38. The van der Waals surface area contributed by atoms with Crippen molar-refractivity contribution in [2.24, 2.45) is 27.5 Å². The Morgan fingerprint density at radius 3 is 1.74 bits per heavy atom. The summed E-state index contributed by atoms with van der Waals surface area (Å²) < 4.78 is 0. The second kappa shape index (κ2) is 5.63. The van der Waals surface area contributed by atoms with Crippen molar-refractivity contribution in [2.75, 3.05) is 0 Å². The minimum Gasteiger partial charge on any atom is -0.411 e. The molecule has 4 heteroatoms. The highest BCUT2D eigenvalue weighted by molar-refractivity contribution is 5.94. The van der Waals surface area contributed by atoms with Gasteiger partial charge < -0.3 is 16.7 Å². The van der Waals surface area contributed by atoms with E-state index in [1.54, 1.807) is 0 Å². The van der Waals surface area contributed by atoms with E-state index in [1.165, 1.54) is 5.57 Å². The zero-order chi connectivity index (χ0) is 14.8. The molecule has 0 bridgehead atoms. The molecule has 0 aromatic heterocycles. The normalized spacial score (nSPS) is 34.2. The predicted molar refractivity (Wildman–Crippen MR) is 80.3 cm³/mol. The summed E-state index contributed by atoms with van der Waals surface area (Å²) in [7, 11) is 0. The molecule has 0 spiro atoms. The van der Waals surface area contributed by atoms with Gasteiger partial charge >= 0.3 is 0 Å². The molecule has 2 atom stereocenters. The summed E-state index contributed by atoms with van der Waals surface area (Å²) in [5, 5.41) is 11.8. The summed E-state index contributed by atoms with van der Waals surface area (Å²) >= 11 is 0. The van der Waals surface area contributed by atoms with Crippen LogP contribution in [0.1, 0.15) is 53.4 Å². The van der Waals surface area contributed by atoms with Gasteiger partial charge in [-0.1, -0.05) is 45.0 Å². The molecule has 2 unspecified atom stereocenters. The molecule has 5 N–H and O–H groups in total. The Hall–Kier alpha value is -0.870. The van der Waals surface area contributed by atoms with Gasteiger partial charge in [-0.2, -0.15) is 0 Å². The number of hydrogen-bond acceptors (Lipinski definition) is 4. The summed E-state index contributed by atoms with van der Waals surface area (Å²) in [5.41, 5.74) is 13.8. The fraction of sp³-hybridized carbons (Fsp3) is 0.800. The Morgan fingerprint density at radius 2 is 1.58 bits per heavy atom. The van der Waals surface area contributed by atoms with Crippen molar-refractivity contribution in [2.45, 2.75) is 65.5 Å². The Balaban J connectivity index is 0.000000191. The number of oxime groups is 1. The largest absolute Gasteiger partial charge is 0.411 e. The van der Waals surface area contributed by atoms with Crippen molar-refractivity contribution in [3.63, 3.8) is 0 Å². The lowest BCUT2D eigenvalue weighted by Gasteiger charge is -2.27. The quantitative estimate of drug-likeness (QED) is 0.358. The lowest BCUT2D eigenvalue weighted by molar-refractivity contribution is 0.294. The van der Waals surface area contributed by atoms with Crippen LogP contribution in [0.3, 0.4) is 0 Å². The molecule has 2 fully saturated rings. The van der Waals surface area contributed by atoms with Crippen LogP contribution in [0.15, 0.2) is 17.3 Å². The molecule has 4 nitrogen and oxygen atoms in total. The van der Waals surface area contributed by atoms with E-state index in [1.807, 2.05) is 13.8 Å². The van der Waals surface area contributed by atoms with Gasteiger partial charge in [0.25, 0.3) is 0 Å². The van der Waals surface area contributed by atoms with Gasteiger partial charge in [-0.05, 0) is 31.1 Å². The van der Waals surface area contributed by atoms with Crippen LogP contribution in [0.25, 0.3) is 0 Å². The maximum atomic E-state index is 8.57. The molecule has 2 aliphatic carbocycles. The van der Waals surface area contributed by atoms with Crippen molar-refractivity contribution < 1.29 is 5.21 Å². The third-order valence-corrected chi connectivity index (χ3v) is 5.09. The summed E-state index contributed by atoms with van der Waals surface area (Å²) in [4.78, 5) is 0. The molecular weight excluding hydrogens is 238 g/mol. The van der Waals surface area contributed by atoms with Crippen molar-refractivity contribution >= 4 is 5.71 Å². The van der Waals surface area contributed by atoms with Crippen LogP contribution >= 0.6 is 0 Å². The summed E-state index contributed by atoms with van der Waals surface area (Å²) in [6.45, 7) is 12.3. The van der Waals surface area contributed by atoms with E-state index < -0.39 is 0 Å². The van der Waals surface area contributed by atoms with Gasteiger partial charge in [0.1, 0.15) is 0 Å². The van der Waals surface area contributed by atoms with Gasteiger partial charge in [0, 0.05) is 17.5 Å². The first kappa shape index (κ1) is 16.2. The average molecular weight is 267 g/mol. The first-order valence-corrected chi connectivity index (χ1v) is 7.04. The van der Waals surface area contributed by atoms with Crippen molar-refractivity contribution in [1.82, 2.24) is 0 Å². The zero-order valence-corrected chi connectivity index (χ0v) is 12.7. The zero-order valence-electron chi connectivity index (χ0n) is 12.7. The smallest absolute Gasteiger partial charge is 0.0670 e. The lowest BCUT2D eigenvalue weighted by atomic mass is 9.85. The SMILES string of the molecule is C=C1CC/C(=N/O)C1(C)C.CC1(C)C(N)CCC1N. The van der Waals surface area contributed by atoms with Crippen LogP contribution in [0.4, 0.5) is 0 Å². The average Bonchev–Trinajstić information content (AvgIpc) is 2.72. The number of rotatable bonds is 0.